The van der Waals surface area contributed by atoms with E-state index < -0.39 is 0 Å². The number of nitrogens with zero attached hydrogens (tertiary/aromatic N) is 1. The number of para-hydroxylation sites is 1. The monoisotopic (exact) mass is 399 g/mol. The van der Waals surface area contributed by atoms with E-state index in [9.17, 15) is 4.79 Å². The van der Waals surface area contributed by atoms with Crippen molar-refractivity contribution >= 4 is 28.7 Å². The van der Waals surface area contributed by atoms with Gasteiger partial charge in [0.2, 0.25) is 0 Å². The van der Waals surface area contributed by atoms with Crippen LogP contribution < -0.4 is 10.6 Å². The third-order valence-corrected chi connectivity index (χ3v) is 5.52. The van der Waals surface area contributed by atoms with Gasteiger partial charge in [-0.3, -0.25) is 0 Å². The highest BCUT2D eigenvalue weighted by molar-refractivity contribution is 7.15. The van der Waals surface area contributed by atoms with Gasteiger partial charge in [-0.15, -0.1) is 11.3 Å². The highest BCUT2D eigenvalue weighted by Gasteiger charge is 2.13. The molecule has 0 aliphatic carbocycles. The summed E-state index contributed by atoms with van der Waals surface area (Å²) >= 11 is 1.68. The van der Waals surface area contributed by atoms with Crippen molar-refractivity contribution in [1.29, 1.82) is 0 Å². The first-order valence-corrected chi connectivity index (χ1v) is 10.2. The molecule has 5 heteroatoms. The summed E-state index contributed by atoms with van der Waals surface area (Å²) < 4.78 is 0. The highest BCUT2D eigenvalue weighted by Crippen LogP contribution is 2.37. The van der Waals surface area contributed by atoms with Crippen LogP contribution in [0.1, 0.15) is 10.6 Å². The van der Waals surface area contributed by atoms with Crippen molar-refractivity contribution in [3.05, 3.63) is 89.4 Å². The molecule has 0 saturated heterocycles. The van der Waals surface area contributed by atoms with Crippen molar-refractivity contribution in [2.24, 2.45) is 0 Å². The molecule has 144 valence electrons. The minimum absolute atomic E-state index is 0.266. The molecule has 3 aromatic carbocycles. The number of thiazole rings is 1. The van der Waals surface area contributed by atoms with Gasteiger partial charge in [0.05, 0.1) is 15.6 Å². The summed E-state index contributed by atoms with van der Waals surface area (Å²) in [5, 5.41) is 6.71. The first-order chi connectivity index (χ1) is 14.1. The molecule has 0 fully saturated rings. The Balaban J connectivity index is 1.52. The number of carbonyl (C=O) groups is 1. The third kappa shape index (κ3) is 4.52. The second kappa shape index (κ2) is 8.29. The number of rotatable bonds is 4. The fraction of sp³-hybridized carbons (Fsp3) is 0.0833. The molecule has 1 aromatic heterocycles. The van der Waals surface area contributed by atoms with E-state index in [0.29, 0.717) is 0 Å². The molecule has 0 bridgehead atoms. The lowest BCUT2D eigenvalue weighted by Crippen LogP contribution is -2.19. The maximum Gasteiger partial charge on any atom is 0.323 e. The lowest BCUT2D eigenvalue weighted by atomic mass is 10.1. The van der Waals surface area contributed by atoms with Crippen LogP contribution >= 0.6 is 11.3 Å². The number of hydrogen-bond acceptors (Lipinski definition) is 3. The number of urea groups is 1. The zero-order valence-electron chi connectivity index (χ0n) is 16.3. The zero-order chi connectivity index (χ0) is 20.2. The Morgan fingerprint density at radius 3 is 2.00 bits per heavy atom. The Bertz CT molecular complexity index is 1120. The molecule has 4 aromatic rings. The van der Waals surface area contributed by atoms with Crippen molar-refractivity contribution in [2.75, 3.05) is 10.6 Å². The summed E-state index contributed by atoms with van der Waals surface area (Å²) in [4.78, 5) is 18.1. The summed E-state index contributed by atoms with van der Waals surface area (Å²) in [6, 6.07) is 25.4. The molecule has 29 heavy (non-hydrogen) atoms. The number of aryl methyl sites for hydroxylation is 2. The SMILES string of the molecule is Cc1ccc(-c2nc(C)sc2-c2ccc(NC(=O)Nc3ccccc3)cc2)cc1. The number of carbonyl (C=O) groups excluding carboxylic acids is 1. The Labute approximate surface area is 174 Å². The van der Waals surface area contributed by atoms with E-state index in [4.69, 9.17) is 4.98 Å². The highest BCUT2D eigenvalue weighted by atomic mass is 32.1. The minimum atomic E-state index is -0.266. The van der Waals surface area contributed by atoms with Crippen molar-refractivity contribution in [3.63, 3.8) is 0 Å². The third-order valence-electron chi connectivity index (χ3n) is 4.50. The number of aromatic nitrogens is 1. The molecule has 2 N–H and O–H groups in total. The van der Waals surface area contributed by atoms with E-state index in [-0.39, 0.29) is 6.03 Å². The molecule has 0 spiro atoms. The molecule has 0 aliphatic heterocycles. The van der Waals surface area contributed by atoms with Crippen LogP contribution in [0.2, 0.25) is 0 Å². The van der Waals surface area contributed by atoms with E-state index in [2.05, 4.69) is 41.8 Å². The van der Waals surface area contributed by atoms with Gasteiger partial charge in [0, 0.05) is 16.9 Å². The summed E-state index contributed by atoms with van der Waals surface area (Å²) in [7, 11) is 0. The molecule has 0 atom stereocenters. The van der Waals surface area contributed by atoms with Crippen molar-refractivity contribution in [2.45, 2.75) is 13.8 Å². The zero-order valence-corrected chi connectivity index (χ0v) is 17.1. The second-order valence-electron chi connectivity index (χ2n) is 6.80. The number of benzene rings is 3. The van der Waals surface area contributed by atoms with E-state index in [1.165, 1.54) is 5.56 Å². The molecule has 0 saturated carbocycles. The Kier molecular flexibility index (Phi) is 5.40. The number of amides is 2. The van der Waals surface area contributed by atoms with E-state index in [0.717, 1.165) is 38.1 Å². The molecular formula is C24H21N3OS. The minimum Gasteiger partial charge on any atom is -0.308 e. The van der Waals surface area contributed by atoms with Crippen LogP contribution in [0.15, 0.2) is 78.9 Å². The summed E-state index contributed by atoms with van der Waals surface area (Å²) in [6.07, 6.45) is 0. The largest absolute Gasteiger partial charge is 0.323 e. The second-order valence-corrected chi connectivity index (χ2v) is 8.00. The molecule has 1 heterocycles. The summed E-state index contributed by atoms with van der Waals surface area (Å²) in [5.41, 5.74) is 5.91. The van der Waals surface area contributed by atoms with Gasteiger partial charge in [-0.25, -0.2) is 9.78 Å². The van der Waals surface area contributed by atoms with Crippen LogP contribution in [0.25, 0.3) is 21.7 Å². The summed E-state index contributed by atoms with van der Waals surface area (Å²) in [5.74, 6) is 0. The van der Waals surface area contributed by atoms with Gasteiger partial charge in [0.1, 0.15) is 0 Å². The molecule has 2 amide bonds. The number of nitrogens with one attached hydrogen (secondary N) is 2. The van der Waals surface area contributed by atoms with Gasteiger partial charge in [0.25, 0.3) is 0 Å². The topological polar surface area (TPSA) is 54.0 Å². The molecule has 0 radical (unpaired) electrons. The maximum absolute atomic E-state index is 12.2. The Morgan fingerprint density at radius 2 is 1.34 bits per heavy atom. The van der Waals surface area contributed by atoms with Gasteiger partial charge in [0.15, 0.2) is 0 Å². The van der Waals surface area contributed by atoms with Gasteiger partial charge in [-0.2, -0.15) is 0 Å². The molecule has 4 nitrogen and oxygen atoms in total. The average Bonchev–Trinajstić information content (AvgIpc) is 3.11. The van der Waals surface area contributed by atoms with Gasteiger partial charge in [-0.05, 0) is 43.7 Å². The van der Waals surface area contributed by atoms with Gasteiger partial charge < -0.3 is 10.6 Å². The van der Waals surface area contributed by atoms with Gasteiger partial charge in [-0.1, -0.05) is 60.2 Å². The van der Waals surface area contributed by atoms with Crippen LogP contribution in [-0.4, -0.2) is 11.0 Å². The van der Waals surface area contributed by atoms with Crippen LogP contribution in [0.3, 0.4) is 0 Å². The fourth-order valence-electron chi connectivity index (χ4n) is 3.05. The Morgan fingerprint density at radius 1 is 0.759 bits per heavy atom. The first kappa shape index (κ1) is 18.9. The average molecular weight is 400 g/mol. The predicted molar refractivity (Wildman–Crippen MR) is 122 cm³/mol. The van der Waals surface area contributed by atoms with Crippen molar-refractivity contribution in [1.82, 2.24) is 4.98 Å². The quantitative estimate of drug-likeness (QED) is 0.399. The van der Waals surface area contributed by atoms with Crippen LogP contribution in [0.5, 0.6) is 0 Å². The molecule has 4 rings (SSSR count). The molecule has 0 unspecified atom stereocenters. The number of hydrogen-bond donors (Lipinski definition) is 2. The summed E-state index contributed by atoms with van der Waals surface area (Å²) in [6.45, 7) is 4.10. The van der Waals surface area contributed by atoms with Gasteiger partial charge >= 0.3 is 6.03 Å². The van der Waals surface area contributed by atoms with E-state index >= 15 is 0 Å². The molecular weight excluding hydrogens is 378 g/mol. The van der Waals surface area contributed by atoms with E-state index in [1.54, 1.807) is 11.3 Å². The maximum atomic E-state index is 12.2. The van der Waals surface area contributed by atoms with Crippen LogP contribution in [-0.2, 0) is 0 Å². The van der Waals surface area contributed by atoms with E-state index in [1.807, 2.05) is 61.5 Å². The Hall–Kier alpha value is -3.44. The fourth-order valence-corrected chi connectivity index (χ4v) is 4.00. The lowest BCUT2D eigenvalue weighted by Gasteiger charge is -2.09. The van der Waals surface area contributed by atoms with Crippen LogP contribution in [0, 0.1) is 13.8 Å². The first-order valence-electron chi connectivity index (χ1n) is 9.36. The molecule has 0 aliphatic rings. The van der Waals surface area contributed by atoms with Crippen molar-refractivity contribution in [3.8, 4) is 21.7 Å². The van der Waals surface area contributed by atoms with Crippen LogP contribution in [0.4, 0.5) is 16.2 Å². The smallest absolute Gasteiger partial charge is 0.308 e. The van der Waals surface area contributed by atoms with Crippen molar-refractivity contribution < 1.29 is 4.79 Å². The normalized spacial score (nSPS) is 10.6. The standard InChI is InChI=1S/C24H21N3OS/c1-16-8-10-18(11-9-16)22-23(29-17(2)25-22)19-12-14-21(15-13-19)27-24(28)26-20-6-4-3-5-7-20/h3-15H,1-2H3,(H2,26,27,28). The predicted octanol–water partition coefficient (Wildman–Crippen LogP) is 6.74. The lowest BCUT2D eigenvalue weighted by molar-refractivity contribution is 0.262. The number of anilines is 2.